The maximum absolute atomic E-state index is 14.4. The van der Waals surface area contributed by atoms with Gasteiger partial charge in [0.1, 0.15) is 35.5 Å². The highest BCUT2D eigenvalue weighted by Crippen LogP contribution is 2.27. The van der Waals surface area contributed by atoms with Crippen molar-refractivity contribution < 1.29 is 8.78 Å². The lowest BCUT2D eigenvalue weighted by molar-refractivity contribution is 0.623. The first-order valence-corrected chi connectivity index (χ1v) is 9.43. The van der Waals surface area contributed by atoms with Gasteiger partial charge in [0.15, 0.2) is 0 Å². The maximum atomic E-state index is 14.4. The van der Waals surface area contributed by atoms with E-state index < -0.39 is 0 Å². The highest BCUT2D eigenvalue weighted by atomic mass is 32.1. The fourth-order valence-corrected chi connectivity index (χ4v) is 3.85. The molecule has 0 radical (unpaired) electrons. The summed E-state index contributed by atoms with van der Waals surface area (Å²) in [7, 11) is 0. The lowest BCUT2D eigenvalue weighted by Gasteiger charge is -2.10. The lowest BCUT2D eigenvalue weighted by Crippen LogP contribution is -2.13. The number of thiophene rings is 1. The van der Waals surface area contributed by atoms with Gasteiger partial charge >= 0.3 is 0 Å². The Hall–Kier alpha value is -3.31. The van der Waals surface area contributed by atoms with Gasteiger partial charge in [0, 0.05) is 29.9 Å². The van der Waals surface area contributed by atoms with Crippen LogP contribution in [0, 0.1) is 29.9 Å². The second kappa shape index (κ2) is 7.37. The van der Waals surface area contributed by atoms with Crippen molar-refractivity contribution in [3.8, 4) is 16.6 Å². The van der Waals surface area contributed by atoms with Gasteiger partial charge in [-0.15, -0.1) is 11.3 Å². The van der Waals surface area contributed by atoms with E-state index >= 15 is 0 Å². The van der Waals surface area contributed by atoms with Crippen molar-refractivity contribution in [3.63, 3.8) is 0 Å². The number of nitriles is 1. The number of anilines is 1. The molecule has 3 aromatic heterocycles. The van der Waals surface area contributed by atoms with Crippen LogP contribution in [-0.2, 0) is 6.54 Å². The molecule has 4 rings (SSSR count). The summed E-state index contributed by atoms with van der Waals surface area (Å²) in [5, 5.41) is 14.7. The van der Waals surface area contributed by atoms with Crippen LogP contribution in [0.2, 0.25) is 0 Å². The van der Waals surface area contributed by atoms with Crippen molar-refractivity contribution in [1.29, 1.82) is 5.26 Å². The smallest absolute Gasteiger partial charge is 0.147 e. The van der Waals surface area contributed by atoms with Gasteiger partial charge in [0.05, 0.1) is 16.1 Å². The summed E-state index contributed by atoms with van der Waals surface area (Å²) in [5.74, 6) is -0.0782. The third kappa shape index (κ3) is 3.32. The van der Waals surface area contributed by atoms with Gasteiger partial charge in [-0.2, -0.15) is 5.26 Å². The predicted octanol–water partition coefficient (Wildman–Crippen LogP) is 4.73. The molecule has 0 fully saturated rings. The van der Waals surface area contributed by atoms with E-state index in [-0.39, 0.29) is 11.6 Å². The van der Waals surface area contributed by atoms with Crippen molar-refractivity contribution >= 4 is 28.1 Å². The first kappa shape index (κ1) is 18.1. The SMILES string of the molecule is Cc1ccc(F)c2c1cc(C#N)n2CCNc1cc(-c2cc(F)cs2)ncn1. The zero-order valence-corrected chi connectivity index (χ0v) is 15.7. The Morgan fingerprint density at radius 2 is 2.07 bits per heavy atom. The highest BCUT2D eigenvalue weighted by Gasteiger charge is 2.14. The van der Waals surface area contributed by atoms with Gasteiger partial charge in [-0.25, -0.2) is 18.7 Å². The minimum absolute atomic E-state index is 0.297. The summed E-state index contributed by atoms with van der Waals surface area (Å²) >= 11 is 1.27. The molecule has 5 nitrogen and oxygen atoms in total. The number of hydrogen-bond donors (Lipinski definition) is 1. The fourth-order valence-electron chi connectivity index (χ4n) is 3.13. The minimum Gasteiger partial charge on any atom is -0.368 e. The number of rotatable bonds is 5. The summed E-state index contributed by atoms with van der Waals surface area (Å²) in [6.45, 7) is 2.71. The number of nitrogens with zero attached hydrogens (tertiary/aromatic N) is 4. The Balaban J connectivity index is 1.55. The van der Waals surface area contributed by atoms with E-state index in [9.17, 15) is 14.0 Å². The summed E-state index contributed by atoms with van der Waals surface area (Å²) in [6, 6.07) is 10.1. The lowest BCUT2D eigenvalue weighted by atomic mass is 10.1. The van der Waals surface area contributed by atoms with Crippen molar-refractivity contribution in [2.45, 2.75) is 13.5 Å². The Labute approximate surface area is 163 Å². The largest absolute Gasteiger partial charge is 0.368 e. The van der Waals surface area contributed by atoms with E-state index in [0.29, 0.717) is 40.7 Å². The van der Waals surface area contributed by atoms with Crippen LogP contribution >= 0.6 is 11.3 Å². The Kier molecular flexibility index (Phi) is 4.75. The second-order valence-electron chi connectivity index (χ2n) is 6.26. The third-order valence-corrected chi connectivity index (χ3v) is 5.39. The molecule has 0 spiro atoms. The van der Waals surface area contributed by atoms with Crippen LogP contribution in [0.5, 0.6) is 0 Å². The number of halogens is 2. The number of aromatic nitrogens is 3. The summed E-state index contributed by atoms with van der Waals surface area (Å²) in [5.41, 5.74) is 2.37. The van der Waals surface area contributed by atoms with E-state index in [4.69, 9.17) is 0 Å². The molecule has 0 bridgehead atoms. The molecule has 0 atom stereocenters. The first-order valence-electron chi connectivity index (χ1n) is 8.55. The molecule has 28 heavy (non-hydrogen) atoms. The Morgan fingerprint density at radius 1 is 1.21 bits per heavy atom. The Morgan fingerprint density at radius 3 is 2.82 bits per heavy atom. The fraction of sp³-hybridized carbons (Fsp3) is 0.150. The van der Waals surface area contributed by atoms with E-state index in [0.717, 1.165) is 10.9 Å². The van der Waals surface area contributed by atoms with E-state index in [1.807, 2.05) is 6.92 Å². The molecular formula is C20H15F2N5S. The average molecular weight is 395 g/mol. The average Bonchev–Trinajstić information content (AvgIpc) is 3.29. The first-order chi connectivity index (χ1) is 13.6. The predicted molar refractivity (Wildman–Crippen MR) is 105 cm³/mol. The highest BCUT2D eigenvalue weighted by molar-refractivity contribution is 7.13. The normalized spacial score (nSPS) is 10.9. The molecule has 4 aromatic rings. The van der Waals surface area contributed by atoms with E-state index in [1.165, 1.54) is 35.2 Å². The zero-order valence-electron chi connectivity index (χ0n) is 14.9. The molecule has 3 heterocycles. The molecule has 1 aromatic carbocycles. The van der Waals surface area contributed by atoms with Crippen LogP contribution in [0.4, 0.5) is 14.6 Å². The van der Waals surface area contributed by atoms with Crippen LogP contribution in [0.15, 0.2) is 42.0 Å². The topological polar surface area (TPSA) is 66.5 Å². The number of hydrogen-bond acceptors (Lipinski definition) is 5. The summed E-state index contributed by atoms with van der Waals surface area (Å²) in [6.07, 6.45) is 1.41. The van der Waals surface area contributed by atoms with E-state index in [2.05, 4.69) is 21.4 Å². The molecule has 140 valence electrons. The van der Waals surface area contributed by atoms with Crippen LogP contribution < -0.4 is 5.32 Å². The van der Waals surface area contributed by atoms with Gasteiger partial charge in [-0.1, -0.05) is 6.07 Å². The van der Waals surface area contributed by atoms with Crippen LogP contribution in [0.25, 0.3) is 21.5 Å². The molecule has 1 N–H and O–H groups in total. The van der Waals surface area contributed by atoms with E-state index in [1.54, 1.807) is 22.8 Å². The molecule has 0 saturated carbocycles. The minimum atomic E-state index is -0.355. The number of fused-ring (bicyclic) bond motifs is 1. The third-order valence-electron chi connectivity index (χ3n) is 4.47. The zero-order chi connectivity index (χ0) is 19.7. The Bertz CT molecular complexity index is 1210. The molecule has 8 heteroatoms. The van der Waals surface area contributed by atoms with Gasteiger partial charge in [-0.3, -0.25) is 0 Å². The molecule has 0 amide bonds. The number of benzene rings is 1. The van der Waals surface area contributed by atoms with Crippen molar-refractivity contribution in [1.82, 2.24) is 14.5 Å². The van der Waals surface area contributed by atoms with Crippen molar-refractivity contribution in [2.24, 2.45) is 0 Å². The summed E-state index contributed by atoms with van der Waals surface area (Å²) < 4.78 is 29.3. The van der Waals surface area contributed by atoms with Gasteiger partial charge in [0.25, 0.3) is 0 Å². The molecule has 0 aliphatic heterocycles. The standard InChI is InChI=1S/C20H15F2N5S/c1-12-2-3-16(22)20-15(12)7-14(9-23)27(20)5-4-24-19-8-17(25-11-26-19)18-6-13(21)10-28-18/h2-3,6-8,10-11H,4-5H2,1H3,(H,24,25,26). The van der Waals surface area contributed by atoms with Crippen LogP contribution in [-0.4, -0.2) is 21.1 Å². The number of nitrogens with one attached hydrogen (secondary N) is 1. The monoisotopic (exact) mass is 395 g/mol. The van der Waals surface area contributed by atoms with Crippen molar-refractivity contribution in [3.05, 3.63) is 64.9 Å². The molecule has 0 aliphatic rings. The summed E-state index contributed by atoms with van der Waals surface area (Å²) in [4.78, 5) is 9.04. The number of aryl methyl sites for hydroxylation is 1. The quantitative estimate of drug-likeness (QED) is 0.531. The molecule has 0 saturated heterocycles. The van der Waals surface area contributed by atoms with Crippen molar-refractivity contribution in [2.75, 3.05) is 11.9 Å². The second-order valence-corrected chi connectivity index (χ2v) is 7.18. The molecular weight excluding hydrogens is 380 g/mol. The van der Waals surface area contributed by atoms with Gasteiger partial charge in [-0.05, 0) is 30.7 Å². The van der Waals surface area contributed by atoms with Gasteiger partial charge < -0.3 is 9.88 Å². The maximum Gasteiger partial charge on any atom is 0.147 e. The van der Waals surface area contributed by atoms with Crippen LogP contribution in [0.1, 0.15) is 11.3 Å². The molecule has 0 unspecified atom stereocenters. The van der Waals surface area contributed by atoms with Gasteiger partial charge in [0.2, 0.25) is 0 Å². The molecule has 0 aliphatic carbocycles. The van der Waals surface area contributed by atoms with Crippen LogP contribution in [0.3, 0.4) is 0 Å².